The molecule has 0 saturated heterocycles. The van der Waals surface area contributed by atoms with Crippen molar-refractivity contribution in [2.45, 2.75) is 124 Å². The number of rotatable bonds is 16. The van der Waals surface area contributed by atoms with E-state index in [1.165, 1.54) is 96.3 Å². The van der Waals surface area contributed by atoms with Crippen LogP contribution in [0.25, 0.3) is 0 Å². The first-order chi connectivity index (χ1) is 10.2. The summed E-state index contributed by atoms with van der Waals surface area (Å²) < 4.78 is 0. The maximum atomic E-state index is 2.47. The van der Waals surface area contributed by atoms with Crippen molar-refractivity contribution in [1.82, 2.24) is 0 Å². The minimum atomic E-state index is 0.964. The minimum Gasteiger partial charge on any atom is -0.0654 e. The zero-order chi connectivity index (χ0) is 15.8. The lowest BCUT2D eigenvalue weighted by Gasteiger charge is -2.13. The summed E-state index contributed by atoms with van der Waals surface area (Å²) in [6.45, 7) is 9.53. The molecular weight excluding hydrogens is 252 g/mol. The van der Waals surface area contributed by atoms with Gasteiger partial charge in [-0.05, 0) is 11.8 Å². The van der Waals surface area contributed by atoms with Gasteiger partial charge in [-0.15, -0.1) is 0 Å². The molecule has 0 aromatic carbocycles. The van der Waals surface area contributed by atoms with Crippen LogP contribution in [0.4, 0.5) is 0 Å². The molecule has 0 bridgehead atoms. The molecule has 0 radical (unpaired) electrons. The van der Waals surface area contributed by atoms with E-state index in [-0.39, 0.29) is 0 Å². The van der Waals surface area contributed by atoms with Gasteiger partial charge in [0.1, 0.15) is 0 Å². The van der Waals surface area contributed by atoms with E-state index in [4.69, 9.17) is 0 Å². The number of hydrogen-bond donors (Lipinski definition) is 0. The van der Waals surface area contributed by atoms with Crippen LogP contribution in [-0.2, 0) is 0 Å². The maximum Gasteiger partial charge on any atom is -0.0443 e. The second-order valence-corrected chi connectivity index (χ2v) is 7.55. The highest BCUT2D eigenvalue weighted by atomic mass is 14.1. The zero-order valence-electron chi connectivity index (χ0n) is 15.8. The quantitative estimate of drug-likeness (QED) is 0.252. The van der Waals surface area contributed by atoms with Gasteiger partial charge < -0.3 is 0 Å². The Kier molecular flexibility index (Phi) is 16.4. The third-order valence-corrected chi connectivity index (χ3v) is 4.99. The summed E-state index contributed by atoms with van der Waals surface area (Å²) in [5, 5.41) is 0. The highest BCUT2D eigenvalue weighted by Crippen LogP contribution is 2.20. The van der Waals surface area contributed by atoms with Crippen molar-refractivity contribution in [2.75, 3.05) is 0 Å². The first-order valence-electron chi connectivity index (χ1n) is 10.2. The molecule has 21 heavy (non-hydrogen) atoms. The Morgan fingerprint density at radius 2 is 0.714 bits per heavy atom. The van der Waals surface area contributed by atoms with Gasteiger partial charge in [-0.3, -0.25) is 0 Å². The smallest absolute Gasteiger partial charge is 0.0443 e. The van der Waals surface area contributed by atoms with Crippen molar-refractivity contribution < 1.29 is 0 Å². The monoisotopic (exact) mass is 296 g/mol. The molecule has 0 aliphatic carbocycles. The highest BCUT2D eigenvalue weighted by molar-refractivity contribution is 4.58. The van der Waals surface area contributed by atoms with Gasteiger partial charge in [0.05, 0.1) is 0 Å². The Bertz CT molecular complexity index is 184. The fourth-order valence-corrected chi connectivity index (χ4v) is 3.29. The molecule has 2 unspecified atom stereocenters. The second kappa shape index (κ2) is 16.4. The molecule has 0 saturated carbocycles. The topological polar surface area (TPSA) is 0 Å². The van der Waals surface area contributed by atoms with Crippen molar-refractivity contribution in [3.05, 3.63) is 0 Å². The molecule has 0 amide bonds. The lowest BCUT2D eigenvalue weighted by atomic mass is 9.93. The van der Waals surface area contributed by atoms with Gasteiger partial charge in [0.2, 0.25) is 0 Å². The molecule has 0 aliphatic rings. The van der Waals surface area contributed by atoms with E-state index in [0.717, 1.165) is 11.8 Å². The molecule has 0 rings (SSSR count). The van der Waals surface area contributed by atoms with Gasteiger partial charge in [-0.2, -0.15) is 0 Å². The van der Waals surface area contributed by atoms with E-state index in [9.17, 15) is 0 Å². The van der Waals surface area contributed by atoms with Crippen LogP contribution in [-0.4, -0.2) is 0 Å². The summed E-state index contributed by atoms with van der Waals surface area (Å²) in [6.07, 6.45) is 21.7. The van der Waals surface area contributed by atoms with Crippen molar-refractivity contribution in [3.63, 3.8) is 0 Å². The van der Waals surface area contributed by atoms with Crippen LogP contribution < -0.4 is 0 Å². The van der Waals surface area contributed by atoms with Gasteiger partial charge in [0, 0.05) is 0 Å². The van der Waals surface area contributed by atoms with Crippen LogP contribution in [0.5, 0.6) is 0 Å². The minimum absolute atomic E-state index is 0.964. The van der Waals surface area contributed by atoms with E-state index < -0.39 is 0 Å². The van der Waals surface area contributed by atoms with E-state index in [0.29, 0.717) is 0 Å². The molecule has 0 N–H and O–H groups in total. The summed E-state index contributed by atoms with van der Waals surface area (Å²) in [7, 11) is 0. The number of unbranched alkanes of at least 4 members (excludes halogenated alkanes) is 8. The SMILES string of the molecule is CCCCCCCC(C)CCCCC(C)CCCCCC. The lowest BCUT2D eigenvalue weighted by Crippen LogP contribution is -1.98. The zero-order valence-corrected chi connectivity index (χ0v) is 15.8. The molecule has 0 aromatic rings. The lowest BCUT2D eigenvalue weighted by molar-refractivity contribution is 0.401. The van der Waals surface area contributed by atoms with Crippen molar-refractivity contribution in [1.29, 1.82) is 0 Å². The number of hydrogen-bond acceptors (Lipinski definition) is 0. The molecule has 0 fully saturated rings. The first-order valence-corrected chi connectivity index (χ1v) is 10.2. The van der Waals surface area contributed by atoms with Gasteiger partial charge in [-0.25, -0.2) is 0 Å². The van der Waals surface area contributed by atoms with Crippen LogP contribution >= 0.6 is 0 Å². The molecule has 0 aliphatic heterocycles. The first kappa shape index (κ1) is 21.0. The Hall–Kier alpha value is 0. The van der Waals surface area contributed by atoms with E-state index in [1.54, 1.807) is 0 Å². The molecule has 2 atom stereocenters. The Morgan fingerprint density at radius 3 is 1.10 bits per heavy atom. The fraction of sp³-hybridized carbons (Fsp3) is 1.00. The maximum absolute atomic E-state index is 2.47. The summed E-state index contributed by atoms with van der Waals surface area (Å²) >= 11 is 0. The average molecular weight is 297 g/mol. The summed E-state index contributed by atoms with van der Waals surface area (Å²) in [6, 6.07) is 0. The molecule has 0 heterocycles. The highest BCUT2D eigenvalue weighted by Gasteiger charge is 2.05. The summed E-state index contributed by atoms with van der Waals surface area (Å²) in [5.41, 5.74) is 0. The molecular formula is C21H44. The Labute approximate surface area is 136 Å². The van der Waals surface area contributed by atoms with Crippen LogP contribution in [0.15, 0.2) is 0 Å². The predicted octanol–water partition coefficient (Wildman–Crippen LogP) is 8.15. The fourth-order valence-electron chi connectivity index (χ4n) is 3.29. The van der Waals surface area contributed by atoms with Crippen LogP contribution in [0, 0.1) is 11.8 Å². The van der Waals surface area contributed by atoms with Crippen LogP contribution in [0.1, 0.15) is 124 Å². The largest absolute Gasteiger partial charge is 0.0654 e. The normalized spacial score (nSPS) is 14.3. The molecule has 0 aromatic heterocycles. The molecule has 128 valence electrons. The Morgan fingerprint density at radius 1 is 0.429 bits per heavy atom. The molecule has 0 spiro atoms. The average Bonchev–Trinajstić information content (AvgIpc) is 2.48. The van der Waals surface area contributed by atoms with Gasteiger partial charge in [-0.1, -0.05) is 124 Å². The Balaban J connectivity index is 3.28. The van der Waals surface area contributed by atoms with Gasteiger partial charge in [0.25, 0.3) is 0 Å². The van der Waals surface area contributed by atoms with E-state index >= 15 is 0 Å². The third-order valence-electron chi connectivity index (χ3n) is 4.99. The molecule has 0 nitrogen and oxygen atoms in total. The van der Waals surface area contributed by atoms with Crippen LogP contribution in [0.3, 0.4) is 0 Å². The third kappa shape index (κ3) is 16.2. The van der Waals surface area contributed by atoms with E-state index in [2.05, 4.69) is 27.7 Å². The predicted molar refractivity (Wildman–Crippen MR) is 98.9 cm³/mol. The van der Waals surface area contributed by atoms with Crippen molar-refractivity contribution in [3.8, 4) is 0 Å². The van der Waals surface area contributed by atoms with Crippen molar-refractivity contribution >= 4 is 0 Å². The standard InChI is InChI=1S/C21H44/c1-5-7-9-11-13-17-21(4)19-15-14-18-20(3)16-12-10-8-6-2/h20-21H,5-19H2,1-4H3. The molecule has 0 heteroatoms. The summed E-state index contributed by atoms with van der Waals surface area (Å²) in [4.78, 5) is 0. The van der Waals surface area contributed by atoms with Gasteiger partial charge in [0.15, 0.2) is 0 Å². The van der Waals surface area contributed by atoms with Crippen molar-refractivity contribution in [2.24, 2.45) is 11.8 Å². The second-order valence-electron chi connectivity index (χ2n) is 7.55. The van der Waals surface area contributed by atoms with Gasteiger partial charge >= 0.3 is 0 Å². The van der Waals surface area contributed by atoms with Crippen LogP contribution in [0.2, 0.25) is 0 Å². The van der Waals surface area contributed by atoms with E-state index in [1.807, 2.05) is 0 Å². The summed E-state index contributed by atoms with van der Waals surface area (Å²) in [5.74, 6) is 1.93.